The van der Waals surface area contributed by atoms with E-state index in [0.717, 1.165) is 29.7 Å². The molecule has 3 rings (SSSR count). The lowest BCUT2D eigenvalue weighted by molar-refractivity contribution is 0.0705. The molecule has 1 aromatic heterocycles. The quantitative estimate of drug-likeness (QED) is 0.199. The lowest BCUT2D eigenvalue weighted by atomic mass is 9.74. The number of aryl methyl sites for hydroxylation is 1. The number of benzene rings is 1. The van der Waals surface area contributed by atoms with E-state index in [1.54, 1.807) is 19.3 Å². The van der Waals surface area contributed by atoms with Gasteiger partial charge in [-0.05, 0) is 79.8 Å². The molecule has 1 aliphatic carbocycles. The fraction of sp³-hybridized carbons (Fsp3) is 0.552. The Bertz CT molecular complexity index is 919. The fourth-order valence-electron chi connectivity index (χ4n) is 4.07. The van der Waals surface area contributed by atoms with E-state index in [4.69, 9.17) is 10.8 Å². The van der Waals surface area contributed by atoms with Crippen molar-refractivity contribution < 1.29 is 23.4 Å². The second-order valence-electron chi connectivity index (χ2n) is 9.44. The van der Waals surface area contributed by atoms with Crippen molar-refractivity contribution in [2.24, 2.45) is 0 Å². The first-order valence-electron chi connectivity index (χ1n) is 13.0. The van der Waals surface area contributed by atoms with Crippen molar-refractivity contribution in [1.29, 1.82) is 0 Å². The van der Waals surface area contributed by atoms with Crippen molar-refractivity contribution >= 4 is 5.69 Å². The molecule has 1 unspecified atom stereocenters. The molecule has 0 amide bonds. The molecule has 2 atom stereocenters. The topological polar surface area (TPSA) is 79.4 Å². The Hall–Kier alpha value is -2.38. The Morgan fingerprint density at radius 2 is 1.61 bits per heavy atom. The van der Waals surface area contributed by atoms with E-state index in [9.17, 15) is 18.3 Å². The van der Waals surface area contributed by atoms with Gasteiger partial charge in [0.2, 0.25) is 0 Å². The van der Waals surface area contributed by atoms with E-state index in [1.165, 1.54) is 25.7 Å². The summed E-state index contributed by atoms with van der Waals surface area (Å²) in [5, 5.41) is 18.7. The smallest absolute Gasteiger partial charge is 0.194 e. The van der Waals surface area contributed by atoms with Gasteiger partial charge in [-0.15, -0.1) is 0 Å². The molecule has 4 nitrogen and oxygen atoms in total. The van der Waals surface area contributed by atoms with Crippen LogP contribution in [0, 0.1) is 17.5 Å². The summed E-state index contributed by atoms with van der Waals surface area (Å²) in [5.74, 6) is -4.16. The van der Waals surface area contributed by atoms with E-state index >= 15 is 0 Å². The summed E-state index contributed by atoms with van der Waals surface area (Å²) in [6.07, 6.45) is 13.7. The Morgan fingerprint density at radius 3 is 2.08 bits per heavy atom. The minimum absolute atomic E-state index is 0.274. The maximum atomic E-state index is 13.5. The van der Waals surface area contributed by atoms with Crippen LogP contribution in [-0.2, 0) is 6.42 Å². The normalized spacial score (nSPS) is 18.9. The predicted octanol–water partition coefficient (Wildman–Crippen LogP) is 7.24. The molecule has 0 spiro atoms. The highest BCUT2D eigenvalue weighted by atomic mass is 19.2. The molecular weight excluding hydrogens is 465 g/mol. The number of allylic oxidation sites excluding steroid dienone is 1. The summed E-state index contributed by atoms with van der Waals surface area (Å²) >= 11 is 0. The van der Waals surface area contributed by atoms with Gasteiger partial charge >= 0.3 is 0 Å². The second kappa shape index (κ2) is 16.4. The average molecular weight is 509 g/mol. The van der Waals surface area contributed by atoms with Gasteiger partial charge in [0.15, 0.2) is 17.5 Å². The second-order valence-corrected chi connectivity index (χ2v) is 9.44. The van der Waals surface area contributed by atoms with Crippen LogP contribution in [0.1, 0.15) is 96.1 Å². The fourth-order valence-corrected chi connectivity index (χ4v) is 4.07. The summed E-state index contributed by atoms with van der Waals surface area (Å²) < 4.78 is 40.2. The van der Waals surface area contributed by atoms with Gasteiger partial charge in [0.1, 0.15) is 0 Å². The van der Waals surface area contributed by atoms with Crippen molar-refractivity contribution in [1.82, 2.24) is 4.98 Å². The first-order chi connectivity index (χ1) is 17.1. The van der Waals surface area contributed by atoms with Crippen molar-refractivity contribution in [3.8, 4) is 0 Å². The summed E-state index contributed by atoms with van der Waals surface area (Å²) in [6.45, 7) is 8.41. The largest absolute Gasteiger partial charge is 0.397 e. The van der Waals surface area contributed by atoms with Crippen LogP contribution in [0.4, 0.5) is 18.9 Å². The lowest BCUT2D eigenvalue weighted by Crippen LogP contribution is -2.33. The van der Waals surface area contributed by atoms with Gasteiger partial charge in [0, 0.05) is 12.8 Å². The van der Waals surface area contributed by atoms with Crippen molar-refractivity contribution in [2.45, 2.75) is 97.0 Å². The molecular formula is C29H43F3N2O2. The zero-order valence-electron chi connectivity index (χ0n) is 22.2. The molecule has 0 aliphatic heterocycles. The number of pyridine rings is 1. The van der Waals surface area contributed by atoms with E-state index in [0.29, 0.717) is 43.5 Å². The molecule has 0 fully saturated rings. The maximum absolute atomic E-state index is 13.5. The molecule has 7 heteroatoms. The molecule has 1 heterocycles. The van der Waals surface area contributed by atoms with E-state index < -0.39 is 23.1 Å². The van der Waals surface area contributed by atoms with Crippen molar-refractivity contribution in [3.05, 3.63) is 70.8 Å². The van der Waals surface area contributed by atoms with Crippen LogP contribution in [0.25, 0.3) is 0 Å². The van der Waals surface area contributed by atoms with Gasteiger partial charge in [0.25, 0.3) is 0 Å². The molecule has 0 bridgehead atoms. The van der Waals surface area contributed by atoms with E-state index in [2.05, 4.69) is 18.8 Å². The Kier molecular flexibility index (Phi) is 14.4. The number of nitrogens with two attached hydrogens (primary N) is 1. The van der Waals surface area contributed by atoms with Crippen LogP contribution >= 0.6 is 0 Å². The number of unbranched alkanes of at least 4 members (excludes halogenated alkanes) is 3. The predicted molar refractivity (Wildman–Crippen MR) is 141 cm³/mol. The lowest BCUT2D eigenvalue weighted by Gasteiger charge is -2.35. The zero-order chi connectivity index (χ0) is 27.1. The molecule has 0 saturated carbocycles. The minimum Gasteiger partial charge on any atom is -0.397 e. The number of hydrogen-bond donors (Lipinski definition) is 3. The third-order valence-electron chi connectivity index (χ3n) is 6.25. The standard InChI is InChI=1S/C20H21F3N2O.C6H14.C3H8O/c1-20(26)10-13(14-8-16(21)19(23)17(22)9-14)3-5-15(20)4-2-12-6-7-25-11-18(12)24;1-3-5-6-4-2;1-2-3-4/h5-9,11,13,26H,2-4,10,24H2,1H3;3-6H2,1-2H3;4H,2-3H2,1H3/t13-,20?;;/m1../s1. The van der Waals surface area contributed by atoms with Gasteiger partial charge in [-0.2, -0.15) is 0 Å². The summed E-state index contributed by atoms with van der Waals surface area (Å²) in [5.41, 5.74) is 7.59. The monoisotopic (exact) mass is 508 g/mol. The number of hydrogen-bond acceptors (Lipinski definition) is 4. The average Bonchev–Trinajstić information content (AvgIpc) is 2.86. The third-order valence-corrected chi connectivity index (χ3v) is 6.25. The SMILES string of the molecule is CC1(O)C[C@H](c2cc(F)c(F)c(F)c2)CC=C1CCc1ccncc1N.CCCCCC.CCCO. The number of rotatable bonds is 8. The van der Waals surface area contributed by atoms with Gasteiger partial charge < -0.3 is 15.9 Å². The minimum atomic E-state index is -1.47. The molecule has 202 valence electrons. The first kappa shape index (κ1) is 31.6. The Morgan fingerprint density at radius 1 is 1.03 bits per heavy atom. The van der Waals surface area contributed by atoms with Gasteiger partial charge in [-0.3, -0.25) is 4.98 Å². The maximum Gasteiger partial charge on any atom is 0.194 e. The van der Waals surface area contributed by atoms with Gasteiger partial charge in [-0.25, -0.2) is 13.2 Å². The van der Waals surface area contributed by atoms with Crippen LogP contribution in [0.5, 0.6) is 0 Å². The van der Waals surface area contributed by atoms with E-state index in [-0.39, 0.29) is 5.92 Å². The number of anilines is 1. The van der Waals surface area contributed by atoms with Crippen LogP contribution in [0.3, 0.4) is 0 Å². The van der Waals surface area contributed by atoms with Crippen molar-refractivity contribution in [2.75, 3.05) is 12.3 Å². The highest BCUT2D eigenvalue weighted by Crippen LogP contribution is 2.40. The molecule has 0 radical (unpaired) electrons. The summed E-state index contributed by atoms with van der Waals surface area (Å²) in [6, 6.07) is 3.87. The van der Waals surface area contributed by atoms with Crippen LogP contribution in [0.2, 0.25) is 0 Å². The highest BCUT2D eigenvalue weighted by Gasteiger charge is 2.34. The number of aliphatic hydroxyl groups excluding tert-OH is 1. The highest BCUT2D eigenvalue weighted by molar-refractivity contribution is 5.44. The molecule has 0 saturated heterocycles. The summed E-state index contributed by atoms with van der Waals surface area (Å²) in [4.78, 5) is 3.96. The molecule has 2 aromatic rings. The molecule has 36 heavy (non-hydrogen) atoms. The zero-order valence-corrected chi connectivity index (χ0v) is 22.2. The number of halogens is 3. The Balaban J connectivity index is 0.000000551. The van der Waals surface area contributed by atoms with Crippen LogP contribution in [-0.4, -0.2) is 27.4 Å². The summed E-state index contributed by atoms with van der Waals surface area (Å²) in [7, 11) is 0. The molecule has 1 aromatic carbocycles. The van der Waals surface area contributed by atoms with Crippen LogP contribution in [0.15, 0.2) is 42.2 Å². The van der Waals surface area contributed by atoms with Crippen molar-refractivity contribution in [3.63, 3.8) is 0 Å². The number of nitrogen functional groups attached to an aromatic ring is 1. The Labute approximate surface area is 214 Å². The van der Waals surface area contributed by atoms with Gasteiger partial charge in [-0.1, -0.05) is 52.5 Å². The molecule has 1 aliphatic rings. The molecule has 4 N–H and O–H groups in total. The number of nitrogens with zero attached hydrogens (tertiary/aromatic N) is 1. The third kappa shape index (κ3) is 10.3. The van der Waals surface area contributed by atoms with Crippen LogP contribution < -0.4 is 5.73 Å². The van der Waals surface area contributed by atoms with Gasteiger partial charge in [0.05, 0.1) is 17.5 Å². The first-order valence-corrected chi connectivity index (χ1v) is 13.0. The number of aromatic nitrogens is 1. The van der Waals surface area contributed by atoms with E-state index in [1.807, 2.05) is 19.1 Å². The number of aliphatic hydroxyl groups is 2.